The molecule has 3 nitrogen and oxygen atoms in total. The number of nitrogens with one attached hydrogen (secondary N) is 1. The Morgan fingerprint density at radius 1 is 1.50 bits per heavy atom. The smallest absolute Gasteiger partial charge is 0.252 e. The number of hydrogen-bond acceptors (Lipinski definition) is 3. The van der Waals surface area contributed by atoms with E-state index in [0.717, 1.165) is 5.69 Å². The van der Waals surface area contributed by atoms with E-state index in [1.807, 2.05) is 26.0 Å². The Balaban J connectivity index is 2.18. The third-order valence-electron chi connectivity index (χ3n) is 2.40. The van der Waals surface area contributed by atoms with E-state index in [-0.39, 0.29) is 10.8 Å². The first-order chi connectivity index (χ1) is 7.49. The van der Waals surface area contributed by atoms with Gasteiger partial charge < -0.3 is 0 Å². The van der Waals surface area contributed by atoms with Crippen molar-refractivity contribution in [1.29, 1.82) is 0 Å². The van der Waals surface area contributed by atoms with Crippen LogP contribution in [0.1, 0.15) is 13.8 Å². The molecule has 1 saturated heterocycles. The van der Waals surface area contributed by atoms with Crippen LogP contribution < -0.4 is 5.43 Å². The van der Waals surface area contributed by atoms with Crippen LogP contribution in [-0.2, 0) is 4.79 Å². The lowest BCUT2D eigenvalue weighted by molar-refractivity contribution is -0.128. The van der Waals surface area contributed by atoms with Gasteiger partial charge in [0.25, 0.3) is 5.91 Å². The Labute approximate surface area is 104 Å². The van der Waals surface area contributed by atoms with Crippen molar-refractivity contribution in [3.8, 4) is 0 Å². The summed E-state index contributed by atoms with van der Waals surface area (Å²) in [6, 6.07) is 7.34. The lowest BCUT2D eigenvalue weighted by Gasteiger charge is -2.31. The summed E-state index contributed by atoms with van der Waals surface area (Å²) in [5.41, 5.74) is 3.93. The molecule has 0 bridgehead atoms. The molecule has 1 aromatic rings. The second kappa shape index (κ2) is 4.18. The van der Waals surface area contributed by atoms with Crippen LogP contribution in [0.25, 0.3) is 0 Å². The van der Waals surface area contributed by atoms with Crippen molar-refractivity contribution in [2.75, 3.05) is 11.2 Å². The molecule has 0 atom stereocenters. The summed E-state index contributed by atoms with van der Waals surface area (Å²) in [6.07, 6.45) is 0. The van der Waals surface area contributed by atoms with Gasteiger partial charge >= 0.3 is 0 Å². The quantitative estimate of drug-likeness (QED) is 0.883. The maximum atomic E-state index is 11.7. The Bertz CT molecular complexity index is 422. The van der Waals surface area contributed by atoms with Gasteiger partial charge in [-0.2, -0.15) is 0 Å². The fraction of sp³-hybridized carbons (Fsp3) is 0.364. The number of rotatable bonds is 2. The van der Waals surface area contributed by atoms with Crippen molar-refractivity contribution in [2.45, 2.75) is 18.7 Å². The SMILES string of the molecule is CC1(C)SCC(=O)N1Nc1cccc(Cl)c1. The second-order valence-electron chi connectivity index (χ2n) is 4.09. The molecule has 5 heteroatoms. The molecule has 1 fully saturated rings. The van der Waals surface area contributed by atoms with Gasteiger partial charge in [-0.1, -0.05) is 17.7 Å². The summed E-state index contributed by atoms with van der Waals surface area (Å²) in [4.78, 5) is 11.5. The maximum absolute atomic E-state index is 11.7. The largest absolute Gasteiger partial charge is 0.295 e. The fourth-order valence-electron chi connectivity index (χ4n) is 1.55. The molecule has 0 spiro atoms. The van der Waals surface area contributed by atoms with E-state index in [9.17, 15) is 4.79 Å². The highest BCUT2D eigenvalue weighted by atomic mass is 35.5. The third-order valence-corrected chi connectivity index (χ3v) is 3.92. The van der Waals surface area contributed by atoms with Gasteiger partial charge in [0, 0.05) is 5.02 Å². The molecular weight excluding hydrogens is 244 g/mol. The molecule has 1 aliphatic heterocycles. The number of hydrazine groups is 1. The van der Waals surface area contributed by atoms with Crippen molar-refractivity contribution < 1.29 is 4.79 Å². The molecule has 0 saturated carbocycles. The number of hydrogen-bond donors (Lipinski definition) is 1. The van der Waals surface area contributed by atoms with Crippen LogP contribution in [0.15, 0.2) is 24.3 Å². The zero-order valence-electron chi connectivity index (χ0n) is 9.16. The van der Waals surface area contributed by atoms with Crippen molar-refractivity contribution >= 4 is 35.0 Å². The minimum absolute atomic E-state index is 0.0926. The highest BCUT2D eigenvalue weighted by molar-refractivity contribution is 8.01. The molecular formula is C11H13ClN2OS. The normalized spacial score (nSPS) is 18.9. The number of carbonyl (C=O) groups excluding carboxylic acids is 1. The molecule has 2 rings (SSSR count). The lowest BCUT2D eigenvalue weighted by Crippen LogP contribution is -2.43. The van der Waals surface area contributed by atoms with E-state index in [1.54, 1.807) is 28.9 Å². The van der Waals surface area contributed by atoms with Crippen molar-refractivity contribution in [1.82, 2.24) is 5.01 Å². The predicted molar refractivity (Wildman–Crippen MR) is 68.5 cm³/mol. The molecule has 1 aliphatic rings. The highest BCUT2D eigenvalue weighted by Gasteiger charge is 2.38. The molecule has 1 N–H and O–H groups in total. The van der Waals surface area contributed by atoms with Crippen LogP contribution in [0.4, 0.5) is 5.69 Å². The molecule has 16 heavy (non-hydrogen) atoms. The van der Waals surface area contributed by atoms with E-state index in [4.69, 9.17) is 11.6 Å². The van der Waals surface area contributed by atoms with E-state index < -0.39 is 0 Å². The summed E-state index contributed by atoms with van der Waals surface area (Å²) in [5, 5.41) is 2.31. The molecule has 86 valence electrons. The summed E-state index contributed by atoms with van der Waals surface area (Å²) in [7, 11) is 0. The molecule has 1 heterocycles. The van der Waals surface area contributed by atoms with Gasteiger partial charge in [-0.3, -0.25) is 10.2 Å². The number of anilines is 1. The van der Waals surface area contributed by atoms with Gasteiger partial charge in [0.05, 0.1) is 11.4 Å². The van der Waals surface area contributed by atoms with Gasteiger partial charge in [0.1, 0.15) is 4.87 Å². The summed E-state index contributed by atoms with van der Waals surface area (Å²) < 4.78 is 0. The van der Waals surface area contributed by atoms with Crippen molar-refractivity contribution in [2.24, 2.45) is 0 Å². The Kier molecular flexibility index (Phi) is 3.04. The number of thioether (sulfide) groups is 1. The molecule has 0 radical (unpaired) electrons. The first-order valence-corrected chi connectivity index (χ1v) is 6.35. The average Bonchev–Trinajstić information content (AvgIpc) is 2.45. The number of amides is 1. The minimum atomic E-state index is -0.223. The summed E-state index contributed by atoms with van der Waals surface area (Å²) in [6.45, 7) is 4.03. The number of carbonyl (C=O) groups is 1. The standard InChI is InChI=1S/C11H13ClN2OS/c1-11(2)14(10(15)7-16-11)13-9-5-3-4-8(12)6-9/h3-6,13H,7H2,1-2H3. The van der Waals surface area contributed by atoms with Crippen LogP contribution in [0.3, 0.4) is 0 Å². The maximum Gasteiger partial charge on any atom is 0.252 e. The summed E-state index contributed by atoms with van der Waals surface area (Å²) >= 11 is 7.51. The van der Waals surface area contributed by atoms with Gasteiger partial charge in [0.15, 0.2) is 0 Å². The topological polar surface area (TPSA) is 32.3 Å². The van der Waals surface area contributed by atoms with Crippen LogP contribution in [-0.4, -0.2) is 21.5 Å². The molecule has 0 unspecified atom stereocenters. The minimum Gasteiger partial charge on any atom is -0.295 e. The van der Waals surface area contributed by atoms with Crippen LogP contribution in [0, 0.1) is 0 Å². The van der Waals surface area contributed by atoms with E-state index in [0.29, 0.717) is 10.8 Å². The lowest BCUT2D eigenvalue weighted by atomic mass is 10.3. The van der Waals surface area contributed by atoms with E-state index >= 15 is 0 Å². The first kappa shape index (κ1) is 11.6. The second-order valence-corrected chi connectivity index (χ2v) is 6.10. The number of nitrogens with zero attached hydrogens (tertiary/aromatic N) is 1. The monoisotopic (exact) mass is 256 g/mol. The average molecular weight is 257 g/mol. The van der Waals surface area contributed by atoms with Gasteiger partial charge in [0.2, 0.25) is 0 Å². The van der Waals surface area contributed by atoms with Crippen molar-refractivity contribution in [3.63, 3.8) is 0 Å². The Morgan fingerprint density at radius 3 is 2.81 bits per heavy atom. The van der Waals surface area contributed by atoms with E-state index in [1.165, 1.54) is 0 Å². The summed E-state index contributed by atoms with van der Waals surface area (Å²) in [5.74, 6) is 0.607. The molecule has 1 amide bonds. The third kappa shape index (κ3) is 2.28. The van der Waals surface area contributed by atoms with Gasteiger partial charge in [-0.15, -0.1) is 11.8 Å². The Hall–Kier alpha value is -0.870. The van der Waals surface area contributed by atoms with E-state index in [2.05, 4.69) is 5.43 Å². The predicted octanol–water partition coefficient (Wildman–Crippen LogP) is 2.98. The van der Waals surface area contributed by atoms with Crippen LogP contribution in [0.2, 0.25) is 5.02 Å². The fourth-order valence-corrected chi connectivity index (χ4v) is 2.62. The van der Waals surface area contributed by atoms with Crippen molar-refractivity contribution in [3.05, 3.63) is 29.3 Å². The van der Waals surface area contributed by atoms with Gasteiger partial charge in [-0.05, 0) is 32.0 Å². The zero-order chi connectivity index (χ0) is 11.8. The highest BCUT2D eigenvalue weighted by Crippen LogP contribution is 2.35. The number of halogens is 1. The van der Waals surface area contributed by atoms with Crippen LogP contribution in [0.5, 0.6) is 0 Å². The molecule has 1 aromatic carbocycles. The first-order valence-electron chi connectivity index (χ1n) is 4.98. The Morgan fingerprint density at radius 2 is 2.25 bits per heavy atom. The number of benzene rings is 1. The van der Waals surface area contributed by atoms with Gasteiger partial charge in [-0.25, -0.2) is 5.01 Å². The van der Waals surface area contributed by atoms with Crippen LogP contribution >= 0.6 is 23.4 Å². The molecule has 0 aliphatic carbocycles. The molecule has 0 aromatic heterocycles. The zero-order valence-corrected chi connectivity index (χ0v) is 10.7.